The number of nitrogens with one attached hydrogen (secondary N) is 3. The van der Waals surface area contributed by atoms with Gasteiger partial charge in [0.2, 0.25) is 5.91 Å². The number of hydrogen-bond donors (Lipinski definition) is 4. The second kappa shape index (κ2) is 10.5. The standard InChI is InChI=1S/C19H28N4O5/c1-3-23(12-18(25)26)16-9-15(10-16)22-19(27)20-7-8-28-17-6-4-5-14(11-17)21-13(2)24/h4-6,11,15-16H,3,7-10,12H2,1-2H3,(H,21,24)(H,25,26)(H2,20,22,27). The molecule has 1 saturated carbocycles. The number of nitrogens with zero attached hydrogens (tertiary/aromatic N) is 1. The maximum absolute atomic E-state index is 11.9. The Labute approximate surface area is 164 Å². The molecule has 0 spiro atoms. The van der Waals surface area contributed by atoms with Crippen LogP contribution in [0.25, 0.3) is 0 Å². The van der Waals surface area contributed by atoms with E-state index in [1.807, 2.05) is 11.8 Å². The first-order valence-electron chi connectivity index (χ1n) is 9.38. The van der Waals surface area contributed by atoms with Crippen molar-refractivity contribution in [3.8, 4) is 5.75 Å². The lowest BCUT2D eigenvalue weighted by molar-refractivity contribution is -0.139. The van der Waals surface area contributed by atoms with E-state index in [9.17, 15) is 14.4 Å². The van der Waals surface area contributed by atoms with Crippen molar-refractivity contribution in [2.45, 2.75) is 38.8 Å². The van der Waals surface area contributed by atoms with Crippen molar-refractivity contribution in [2.75, 3.05) is 31.6 Å². The Morgan fingerprint density at radius 2 is 2.04 bits per heavy atom. The van der Waals surface area contributed by atoms with Crippen LogP contribution in [0, 0.1) is 0 Å². The Balaban J connectivity index is 1.61. The fourth-order valence-electron chi connectivity index (χ4n) is 3.11. The summed E-state index contributed by atoms with van der Waals surface area (Å²) in [5, 5.41) is 17.2. The molecule has 3 amide bonds. The number of urea groups is 1. The molecule has 1 aromatic carbocycles. The number of benzene rings is 1. The van der Waals surface area contributed by atoms with Crippen LogP contribution in [0.15, 0.2) is 24.3 Å². The second-order valence-corrected chi connectivity index (χ2v) is 6.74. The highest BCUT2D eigenvalue weighted by Gasteiger charge is 2.34. The molecule has 0 atom stereocenters. The summed E-state index contributed by atoms with van der Waals surface area (Å²) in [6, 6.07) is 7.02. The number of carbonyl (C=O) groups is 3. The molecule has 4 N–H and O–H groups in total. The number of carboxylic acid groups (broad SMARTS) is 1. The molecule has 1 fully saturated rings. The Bertz CT molecular complexity index is 691. The third-order valence-electron chi connectivity index (χ3n) is 4.52. The van der Waals surface area contributed by atoms with Crippen LogP contribution >= 0.6 is 0 Å². The normalized spacial score (nSPS) is 18.1. The van der Waals surface area contributed by atoms with Gasteiger partial charge in [-0.15, -0.1) is 0 Å². The van der Waals surface area contributed by atoms with Gasteiger partial charge in [-0.1, -0.05) is 13.0 Å². The van der Waals surface area contributed by atoms with Gasteiger partial charge in [0, 0.05) is 30.8 Å². The monoisotopic (exact) mass is 392 g/mol. The average Bonchev–Trinajstić information content (AvgIpc) is 2.59. The number of aliphatic carboxylic acids is 1. The van der Waals surface area contributed by atoms with E-state index in [4.69, 9.17) is 9.84 Å². The highest BCUT2D eigenvalue weighted by Crippen LogP contribution is 2.25. The zero-order valence-corrected chi connectivity index (χ0v) is 16.2. The number of amides is 3. The number of rotatable bonds is 10. The summed E-state index contributed by atoms with van der Waals surface area (Å²) in [7, 11) is 0. The van der Waals surface area contributed by atoms with E-state index >= 15 is 0 Å². The summed E-state index contributed by atoms with van der Waals surface area (Å²) < 4.78 is 5.57. The molecule has 154 valence electrons. The molecule has 0 aromatic heterocycles. The summed E-state index contributed by atoms with van der Waals surface area (Å²) in [4.78, 5) is 35.7. The largest absolute Gasteiger partial charge is 0.492 e. The molecule has 0 saturated heterocycles. The minimum absolute atomic E-state index is 0.0283. The molecule has 0 aliphatic heterocycles. The summed E-state index contributed by atoms with van der Waals surface area (Å²) in [6.07, 6.45) is 1.50. The summed E-state index contributed by atoms with van der Waals surface area (Å²) >= 11 is 0. The first kappa shape index (κ1) is 21.5. The van der Waals surface area contributed by atoms with E-state index in [0.29, 0.717) is 31.1 Å². The van der Waals surface area contributed by atoms with Crippen LogP contribution < -0.4 is 20.7 Å². The van der Waals surface area contributed by atoms with Crippen molar-refractivity contribution in [1.82, 2.24) is 15.5 Å². The Morgan fingerprint density at radius 3 is 2.68 bits per heavy atom. The van der Waals surface area contributed by atoms with Crippen molar-refractivity contribution in [3.05, 3.63) is 24.3 Å². The molecule has 0 unspecified atom stereocenters. The maximum Gasteiger partial charge on any atom is 0.317 e. The minimum Gasteiger partial charge on any atom is -0.492 e. The third kappa shape index (κ3) is 7.07. The highest BCUT2D eigenvalue weighted by molar-refractivity contribution is 5.88. The zero-order valence-electron chi connectivity index (χ0n) is 16.2. The Kier molecular flexibility index (Phi) is 8.06. The van der Waals surface area contributed by atoms with Gasteiger partial charge in [0.1, 0.15) is 12.4 Å². The van der Waals surface area contributed by atoms with Gasteiger partial charge in [0.15, 0.2) is 0 Å². The van der Waals surface area contributed by atoms with Crippen molar-refractivity contribution >= 4 is 23.6 Å². The predicted molar refractivity (Wildman–Crippen MR) is 104 cm³/mol. The van der Waals surface area contributed by atoms with Crippen LogP contribution in [-0.4, -0.2) is 66.2 Å². The van der Waals surface area contributed by atoms with Gasteiger partial charge < -0.3 is 25.8 Å². The van der Waals surface area contributed by atoms with E-state index in [0.717, 1.165) is 12.8 Å². The van der Waals surface area contributed by atoms with Gasteiger partial charge in [-0.2, -0.15) is 0 Å². The molecule has 1 aliphatic rings. The molecular weight excluding hydrogens is 364 g/mol. The second-order valence-electron chi connectivity index (χ2n) is 6.74. The van der Waals surface area contributed by atoms with Gasteiger partial charge in [0.05, 0.1) is 13.1 Å². The number of hydrogen-bond acceptors (Lipinski definition) is 5. The number of ether oxygens (including phenoxy) is 1. The number of anilines is 1. The fourth-order valence-corrected chi connectivity index (χ4v) is 3.11. The maximum atomic E-state index is 11.9. The van der Waals surface area contributed by atoms with E-state index in [1.54, 1.807) is 24.3 Å². The van der Waals surface area contributed by atoms with Gasteiger partial charge in [-0.05, 0) is 31.5 Å². The molecule has 0 bridgehead atoms. The van der Waals surface area contributed by atoms with Crippen LogP contribution in [0.1, 0.15) is 26.7 Å². The predicted octanol–water partition coefficient (Wildman–Crippen LogP) is 1.26. The minimum atomic E-state index is -0.835. The highest BCUT2D eigenvalue weighted by atomic mass is 16.5. The van der Waals surface area contributed by atoms with Crippen molar-refractivity contribution in [2.24, 2.45) is 0 Å². The molecule has 9 nitrogen and oxygen atoms in total. The Hall–Kier alpha value is -2.81. The first-order valence-corrected chi connectivity index (χ1v) is 9.38. The number of carboxylic acids is 1. The lowest BCUT2D eigenvalue weighted by Gasteiger charge is -2.42. The topological polar surface area (TPSA) is 120 Å². The van der Waals surface area contributed by atoms with Gasteiger partial charge in [0.25, 0.3) is 0 Å². The van der Waals surface area contributed by atoms with E-state index in [-0.39, 0.29) is 30.6 Å². The third-order valence-corrected chi connectivity index (χ3v) is 4.52. The van der Waals surface area contributed by atoms with Crippen LogP contribution in [0.5, 0.6) is 5.75 Å². The molecule has 28 heavy (non-hydrogen) atoms. The first-order chi connectivity index (χ1) is 13.4. The van der Waals surface area contributed by atoms with Crippen molar-refractivity contribution in [3.63, 3.8) is 0 Å². The van der Waals surface area contributed by atoms with Crippen LogP contribution in [0.3, 0.4) is 0 Å². The van der Waals surface area contributed by atoms with Gasteiger partial charge in [-0.25, -0.2) is 4.79 Å². The Morgan fingerprint density at radius 1 is 1.29 bits per heavy atom. The zero-order chi connectivity index (χ0) is 20.5. The van der Waals surface area contributed by atoms with Gasteiger partial charge in [-0.3, -0.25) is 14.5 Å². The lowest BCUT2D eigenvalue weighted by Crippen LogP contribution is -2.56. The molecule has 1 aliphatic carbocycles. The average molecular weight is 392 g/mol. The SMILES string of the molecule is CCN(CC(=O)O)C1CC(NC(=O)NCCOc2cccc(NC(C)=O)c2)C1. The molecule has 0 radical (unpaired) electrons. The summed E-state index contributed by atoms with van der Waals surface area (Å²) in [5.74, 6) is -0.384. The van der Waals surface area contributed by atoms with E-state index < -0.39 is 5.97 Å². The smallest absolute Gasteiger partial charge is 0.317 e. The van der Waals surface area contributed by atoms with E-state index in [1.165, 1.54) is 6.92 Å². The molecule has 9 heteroatoms. The summed E-state index contributed by atoms with van der Waals surface area (Å²) in [6.45, 7) is 4.71. The molecule has 1 aromatic rings. The van der Waals surface area contributed by atoms with Crippen molar-refractivity contribution < 1.29 is 24.2 Å². The quantitative estimate of drug-likeness (QED) is 0.445. The van der Waals surface area contributed by atoms with Crippen LogP contribution in [0.4, 0.5) is 10.5 Å². The van der Waals surface area contributed by atoms with Crippen LogP contribution in [0.2, 0.25) is 0 Å². The molecule has 0 heterocycles. The van der Waals surface area contributed by atoms with Crippen LogP contribution in [-0.2, 0) is 9.59 Å². The number of likely N-dealkylation sites (N-methyl/N-ethyl adjacent to an activating group) is 1. The lowest BCUT2D eigenvalue weighted by atomic mass is 9.85. The fraction of sp³-hybridized carbons (Fsp3) is 0.526. The van der Waals surface area contributed by atoms with Gasteiger partial charge >= 0.3 is 12.0 Å². The number of carbonyl (C=O) groups excluding carboxylic acids is 2. The van der Waals surface area contributed by atoms with Crippen molar-refractivity contribution in [1.29, 1.82) is 0 Å². The summed E-state index contributed by atoms with van der Waals surface area (Å²) in [5.41, 5.74) is 0.652. The molecule has 2 rings (SSSR count). The van der Waals surface area contributed by atoms with E-state index in [2.05, 4.69) is 16.0 Å². The molecular formula is C19H28N4O5.